The second kappa shape index (κ2) is 2.46. The van der Waals surface area contributed by atoms with E-state index < -0.39 is 0 Å². The molecule has 0 aromatic carbocycles. The molecule has 0 saturated heterocycles. The van der Waals surface area contributed by atoms with Crippen molar-refractivity contribution in [3.05, 3.63) is 12.3 Å². The Morgan fingerprint density at radius 2 is 2.62 bits per heavy atom. The number of aryl methyl sites for hydroxylation is 1. The Morgan fingerprint density at radius 1 is 1.88 bits per heavy atom. The van der Waals surface area contributed by atoms with Crippen LogP contribution >= 0.6 is 22.5 Å². The van der Waals surface area contributed by atoms with Crippen LogP contribution in [0.4, 0.5) is 0 Å². The van der Waals surface area contributed by atoms with Crippen molar-refractivity contribution < 1.29 is 0 Å². The van der Waals surface area contributed by atoms with Gasteiger partial charge in [-0.1, -0.05) is 0 Å². The molecule has 2 nitrogen and oxygen atoms in total. The highest BCUT2D eigenvalue weighted by atomic mass is 33.1. The first-order valence-electron chi connectivity index (χ1n) is 2.14. The smallest absolute Gasteiger partial charge is 0.128 e. The van der Waals surface area contributed by atoms with Crippen LogP contribution in [0.15, 0.2) is 17.3 Å². The molecule has 0 N–H and O–H groups in total. The summed E-state index contributed by atoms with van der Waals surface area (Å²) in [5, 5.41) is 4.97. The molecule has 0 radical (unpaired) electrons. The maximum absolute atomic E-state index is 4.03. The van der Waals surface area contributed by atoms with Crippen molar-refractivity contribution in [2.45, 2.75) is 5.03 Å². The Balaban J connectivity index is 2.84. The molecular weight excluding hydrogens is 140 g/mol. The van der Waals surface area contributed by atoms with Crippen molar-refractivity contribution in [2.24, 2.45) is 7.05 Å². The predicted molar refractivity (Wildman–Crippen MR) is 38.1 cm³/mol. The summed E-state index contributed by atoms with van der Waals surface area (Å²) in [6.07, 6.45) is 1.89. The zero-order valence-corrected chi connectivity index (χ0v) is 6.12. The summed E-state index contributed by atoms with van der Waals surface area (Å²) in [5.74, 6) is 0. The summed E-state index contributed by atoms with van der Waals surface area (Å²) >= 11 is 3.96. The van der Waals surface area contributed by atoms with Crippen LogP contribution in [0.3, 0.4) is 0 Å². The van der Waals surface area contributed by atoms with Gasteiger partial charge in [-0.25, -0.2) is 0 Å². The normalized spacial score (nSPS) is 9.75. The van der Waals surface area contributed by atoms with E-state index in [2.05, 4.69) is 16.8 Å². The number of thiol groups is 1. The molecule has 0 unspecified atom stereocenters. The number of hydrogen-bond acceptors (Lipinski definition) is 3. The molecule has 8 heavy (non-hydrogen) atoms. The quantitative estimate of drug-likeness (QED) is 0.476. The average Bonchev–Trinajstić information content (AvgIpc) is 2.14. The van der Waals surface area contributed by atoms with Crippen LogP contribution in [0.25, 0.3) is 0 Å². The lowest BCUT2D eigenvalue weighted by atomic mass is 10.7. The fourth-order valence-corrected chi connectivity index (χ4v) is 1.02. The van der Waals surface area contributed by atoms with Crippen molar-refractivity contribution in [2.75, 3.05) is 0 Å². The van der Waals surface area contributed by atoms with Crippen molar-refractivity contribution in [1.82, 2.24) is 9.78 Å². The molecule has 4 heteroatoms. The summed E-state index contributed by atoms with van der Waals surface area (Å²) in [7, 11) is 3.23. The van der Waals surface area contributed by atoms with Gasteiger partial charge < -0.3 is 0 Å². The van der Waals surface area contributed by atoms with Gasteiger partial charge in [0.25, 0.3) is 0 Å². The minimum atomic E-state index is 0.941. The molecule has 0 fully saturated rings. The van der Waals surface area contributed by atoms with Gasteiger partial charge in [0.1, 0.15) is 5.03 Å². The van der Waals surface area contributed by atoms with Crippen LogP contribution in [0.1, 0.15) is 0 Å². The molecule has 0 spiro atoms. The third kappa shape index (κ3) is 1.20. The maximum Gasteiger partial charge on any atom is 0.128 e. The van der Waals surface area contributed by atoms with Gasteiger partial charge in [-0.05, 0) is 16.9 Å². The fourth-order valence-electron chi connectivity index (χ4n) is 0.442. The topological polar surface area (TPSA) is 17.8 Å². The molecule has 0 saturated carbocycles. The number of hydrogen-bond donors (Lipinski definition) is 1. The third-order valence-corrected chi connectivity index (χ3v) is 1.75. The van der Waals surface area contributed by atoms with Gasteiger partial charge in [0.05, 0.1) is 0 Å². The maximum atomic E-state index is 4.03. The molecule has 0 bridgehead atoms. The van der Waals surface area contributed by atoms with E-state index in [0.29, 0.717) is 0 Å². The van der Waals surface area contributed by atoms with Gasteiger partial charge in [-0.3, -0.25) is 4.68 Å². The molecule has 1 aromatic heterocycles. The summed E-state index contributed by atoms with van der Waals surface area (Å²) < 4.78 is 1.75. The monoisotopic (exact) mass is 146 g/mol. The van der Waals surface area contributed by atoms with Crippen LogP contribution in [-0.4, -0.2) is 9.78 Å². The van der Waals surface area contributed by atoms with E-state index in [1.165, 1.54) is 10.8 Å². The Hall–Kier alpha value is -0.0900. The fraction of sp³-hybridized carbons (Fsp3) is 0.250. The van der Waals surface area contributed by atoms with Crippen molar-refractivity contribution in [3.8, 4) is 0 Å². The summed E-state index contributed by atoms with van der Waals surface area (Å²) in [4.78, 5) is 0. The van der Waals surface area contributed by atoms with Crippen LogP contribution in [-0.2, 0) is 7.05 Å². The van der Waals surface area contributed by atoms with Crippen molar-refractivity contribution >= 4 is 22.5 Å². The molecule has 0 aliphatic rings. The number of nitrogens with zero attached hydrogens (tertiary/aromatic N) is 2. The lowest BCUT2D eigenvalue weighted by Crippen LogP contribution is -1.85. The second-order valence-corrected chi connectivity index (χ2v) is 2.57. The Morgan fingerprint density at radius 3 is 2.88 bits per heavy atom. The lowest BCUT2D eigenvalue weighted by molar-refractivity contribution is 0.739. The first-order valence-corrected chi connectivity index (χ1v) is 4.01. The van der Waals surface area contributed by atoms with Gasteiger partial charge in [0, 0.05) is 13.2 Å². The van der Waals surface area contributed by atoms with Crippen LogP contribution in [0, 0.1) is 0 Å². The zero-order valence-electron chi connectivity index (χ0n) is 4.40. The van der Waals surface area contributed by atoms with E-state index in [-0.39, 0.29) is 0 Å². The molecule has 0 aliphatic carbocycles. The highest BCUT2D eigenvalue weighted by molar-refractivity contribution is 8.68. The Kier molecular flexibility index (Phi) is 1.85. The molecule has 0 aliphatic heterocycles. The predicted octanol–water partition coefficient (Wildman–Crippen LogP) is 1.36. The highest BCUT2D eigenvalue weighted by Gasteiger charge is 1.89. The van der Waals surface area contributed by atoms with Gasteiger partial charge in [-0.15, -0.1) is 11.7 Å². The molecule has 0 amide bonds. The van der Waals surface area contributed by atoms with Crippen molar-refractivity contribution in [1.29, 1.82) is 0 Å². The standard InChI is InChI=1S/C4H6N2S2/c1-6-3-2-4(5-6)8-7/h2-3,7H,1H3. The SMILES string of the molecule is Cn1ccc(SS)n1. The first-order chi connectivity index (χ1) is 3.83. The van der Waals surface area contributed by atoms with Gasteiger partial charge in [-0.2, -0.15) is 5.10 Å². The van der Waals surface area contributed by atoms with Crippen LogP contribution in [0.2, 0.25) is 0 Å². The first kappa shape index (κ1) is 6.04. The minimum Gasteiger partial charge on any atom is -0.275 e. The van der Waals surface area contributed by atoms with Crippen LogP contribution < -0.4 is 0 Å². The Bertz CT molecular complexity index is 172. The van der Waals surface area contributed by atoms with E-state index in [9.17, 15) is 0 Å². The van der Waals surface area contributed by atoms with Gasteiger partial charge in [0.2, 0.25) is 0 Å². The largest absolute Gasteiger partial charge is 0.275 e. The minimum absolute atomic E-state index is 0.941. The number of aromatic nitrogens is 2. The van der Waals surface area contributed by atoms with E-state index in [4.69, 9.17) is 0 Å². The van der Waals surface area contributed by atoms with Crippen LogP contribution in [0.5, 0.6) is 0 Å². The zero-order chi connectivity index (χ0) is 5.98. The van der Waals surface area contributed by atoms with E-state index in [1.54, 1.807) is 4.68 Å². The lowest BCUT2D eigenvalue weighted by Gasteiger charge is -1.82. The molecule has 1 heterocycles. The molecule has 44 valence electrons. The summed E-state index contributed by atoms with van der Waals surface area (Å²) in [6.45, 7) is 0. The molecular formula is C4H6N2S2. The average molecular weight is 146 g/mol. The molecule has 1 rings (SSSR count). The van der Waals surface area contributed by atoms with E-state index >= 15 is 0 Å². The number of rotatable bonds is 1. The molecule has 0 atom stereocenters. The third-order valence-electron chi connectivity index (χ3n) is 0.783. The summed E-state index contributed by atoms with van der Waals surface area (Å²) in [6, 6.07) is 1.91. The van der Waals surface area contributed by atoms with Crippen molar-refractivity contribution in [3.63, 3.8) is 0 Å². The van der Waals surface area contributed by atoms with E-state index in [1.807, 2.05) is 19.3 Å². The summed E-state index contributed by atoms with van der Waals surface area (Å²) in [5.41, 5.74) is 0. The Labute approximate surface area is 57.1 Å². The van der Waals surface area contributed by atoms with E-state index in [0.717, 1.165) is 5.03 Å². The van der Waals surface area contributed by atoms with Gasteiger partial charge in [0.15, 0.2) is 0 Å². The second-order valence-electron chi connectivity index (χ2n) is 1.42. The molecule has 1 aromatic rings. The van der Waals surface area contributed by atoms with Gasteiger partial charge >= 0.3 is 0 Å². The highest BCUT2D eigenvalue weighted by Crippen LogP contribution is 2.17.